The minimum absolute atomic E-state index is 0.261. The van der Waals surface area contributed by atoms with Crippen LogP contribution in [0, 0.1) is 6.92 Å². The Morgan fingerprint density at radius 2 is 2.00 bits per heavy atom. The van der Waals surface area contributed by atoms with E-state index < -0.39 is 0 Å². The Hall–Kier alpha value is -1.51. The van der Waals surface area contributed by atoms with Gasteiger partial charge >= 0.3 is 0 Å². The van der Waals surface area contributed by atoms with Gasteiger partial charge in [0.25, 0.3) is 0 Å². The van der Waals surface area contributed by atoms with Crippen LogP contribution in [0.2, 0.25) is 5.02 Å². The van der Waals surface area contributed by atoms with Gasteiger partial charge in [0.2, 0.25) is 0 Å². The molecule has 3 heteroatoms. The van der Waals surface area contributed by atoms with Crippen LogP contribution in [0.25, 0.3) is 0 Å². The van der Waals surface area contributed by atoms with Crippen LogP contribution in [0.4, 0.5) is 0 Å². The van der Waals surface area contributed by atoms with Gasteiger partial charge in [0.05, 0.1) is 6.61 Å². The van der Waals surface area contributed by atoms with Crippen LogP contribution < -0.4 is 10.1 Å². The van der Waals surface area contributed by atoms with E-state index in [1.807, 2.05) is 19.2 Å². The maximum Gasteiger partial charge on any atom is 0.125 e. The lowest BCUT2D eigenvalue weighted by molar-refractivity contribution is 0.352. The minimum atomic E-state index is 0.261. The van der Waals surface area contributed by atoms with Crippen LogP contribution >= 0.6 is 11.6 Å². The lowest BCUT2D eigenvalue weighted by Gasteiger charge is -2.19. The van der Waals surface area contributed by atoms with Crippen molar-refractivity contribution in [3.63, 3.8) is 0 Å². The van der Waals surface area contributed by atoms with Gasteiger partial charge in [0, 0.05) is 17.5 Å². The van der Waals surface area contributed by atoms with Gasteiger partial charge in [-0.3, -0.25) is 0 Å². The van der Waals surface area contributed by atoms with Crippen molar-refractivity contribution in [1.82, 2.24) is 5.32 Å². The Morgan fingerprint density at radius 3 is 2.71 bits per heavy atom. The van der Waals surface area contributed by atoms with Gasteiger partial charge in [-0.15, -0.1) is 0 Å². The molecule has 3 rings (SSSR count). The van der Waals surface area contributed by atoms with Crippen molar-refractivity contribution in [2.75, 3.05) is 13.7 Å². The molecular weight excluding hydrogens is 282 g/mol. The first-order valence-corrected chi connectivity index (χ1v) is 7.73. The van der Waals surface area contributed by atoms with Crippen LogP contribution in [-0.2, 0) is 12.8 Å². The molecule has 1 aliphatic heterocycles. The first kappa shape index (κ1) is 14.4. The molecule has 1 heterocycles. The molecule has 1 unspecified atom stereocenters. The zero-order chi connectivity index (χ0) is 14.8. The van der Waals surface area contributed by atoms with Gasteiger partial charge in [-0.25, -0.2) is 0 Å². The van der Waals surface area contributed by atoms with Crippen molar-refractivity contribution in [2.24, 2.45) is 0 Å². The maximum absolute atomic E-state index is 6.25. The molecule has 0 aliphatic carbocycles. The highest BCUT2D eigenvalue weighted by atomic mass is 35.5. The molecule has 0 saturated heterocycles. The Labute approximate surface area is 131 Å². The lowest BCUT2D eigenvalue weighted by atomic mass is 9.96. The zero-order valence-electron chi connectivity index (χ0n) is 12.4. The third-order valence-corrected chi connectivity index (χ3v) is 4.30. The number of hydrogen-bond donors (Lipinski definition) is 1. The molecule has 0 bridgehead atoms. The van der Waals surface area contributed by atoms with Crippen molar-refractivity contribution in [3.05, 3.63) is 63.7 Å². The van der Waals surface area contributed by atoms with Gasteiger partial charge in [-0.2, -0.15) is 0 Å². The first-order valence-electron chi connectivity index (χ1n) is 7.35. The quantitative estimate of drug-likeness (QED) is 0.918. The van der Waals surface area contributed by atoms with E-state index in [4.69, 9.17) is 16.3 Å². The summed E-state index contributed by atoms with van der Waals surface area (Å²) in [4.78, 5) is 0. The molecule has 2 aromatic rings. The number of benzene rings is 2. The van der Waals surface area contributed by atoms with Crippen LogP contribution in [0.1, 0.15) is 28.3 Å². The number of aryl methyl sites for hydroxylation is 1. The summed E-state index contributed by atoms with van der Waals surface area (Å²) in [6.07, 6.45) is 1.83. The standard InChI is InChI=1S/C18H20ClNO/c1-12-3-5-13(6-4-12)17(20-2)11-15-10-16(19)9-14-7-8-21-18(14)15/h3-6,9-10,17,20H,7-8,11H2,1-2H3. The first-order chi connectivity index (χ1) is 10.2. The zero-order valence-corrected chi connectivity index (χ0v) is 13.2. The smallest absolute Gasteiger partial charge is 0.125 e. The third-order valence-electron chi connectivity index (χ3n) is 4.08. The predicted molar refractivity (Wildman–Crippen MR) is 87.3 cm³/mol. The summed E-state index contributed by atoms with van der Waals surface area (Å²) in [5.41, 5.74) is 4.99. The maximum atomic E-state index is 6.25. The van der Waals surface area contributed by atoms with E-state index >= 15 is 0 Å². The normalized spacial score (nSPS) is 14.6. The second-order valence-corrected chi connectivity index (χ2v) is 6.04. The fourth-order valence-corrected chi connectivity index (χ4v) is 3.17. The topological polar surface area (TPSA) is 21.3 Å². The number of hydrogen-bond acceptors (Lipinski definition) is 2. The molecule has 2 nitrogen and oxygen atoms in total. The van der Waals surface area contributed by atoms with E-state index in [9.17, 15) is 0 Å². The summed E-state index contributed by atoms with van der Waals surface area (Å²) < 4.78 is 5.80. The van der Waals surface area contributed by atoms with Crippen molar-refractivity contribution in [1.29, 1.82) is 0 Å². The summed E-state index contributed by atoms with van der Waals surface area (Å²) in [7, 11) is 2.00. The van der Waals surface area contributed by atoms with Crippen LogP contribution in [0.5, 0.6) is 5.75 Å². The molecule has 0 saturated carbocycles. The summed E-state index contributed by atoms with van der Waals surface area (Å²) in [6.45, 7) is 2.87. The van der Waals surface area contributed by atoms with Crippen LogP contribution in [0.3, 0.4) is 0 Å². The summed E-state index contributed by atoms with van der Waals surface area (Å²) in [6, 6.07) is 13.0. The van der Waals surface area contributed by atoms with Gasteiger partial charge in [0.15, 0.2) is 0 Å². The number of fused-ring (bicyclic) bond motifs is 1. The number of halogens is 1. The average Bonchev–Trinajstić information content (AvgIpc) is 2.94. The molecule has 0 aromatic heterocycles. The van der Waals surface area contributed by atoms with Crippen molar-refractivity contribution < 1.29 is 4.74 Å². The predicted octanol–water partition coefficient (Wildman–Crippen LogP) is 4.09. The molecule has 0 radical (unpaired) electrons. The number of nitrogens with one attached hydrogen (secondary N) is 1. The van der Waals surface area contributed by atoms with E-state index in [2.05, 4.69) is 36.5 Å². The van der Waals surface area contributed by atoms with E-state index in [0.717, 1.165) is 30.2 Å². The molecule has 1 atom stereocenters. The van der Waals surface area contributed by atoms with Crippen molar-refractivity contribution in [3.8, 4) is 5.75 Å². The van der Waals surface area contributed by atoms with E-state index in [0.29, 0.717) is 0 Å². The Balaban J connectivity index is 1.89. The van der Waals surface area contributed by atoms with E-state index in [1.54, 1.807) is 0 Å². The molecule has 0 fully saturated rings. The monoisotopic (exact) mass is 301 g/mol. The minimum Gasteiger partial charge on any atom is -0.493 e. The second-order valence-electron chi connectivity index (χ2n) is 5.61. The van der Waals surface area contributed by atoms with E-state index in [-0.39, 0.29) is 6.04 Å². The Bertz CT molecular complexity index is 636. The summed E-state index contributed by atoms with van der Waals surface area (Å²) in [5.74, 6) is 1.03. The number of ether oxygens (including phenoxy) is 1. The average molecular weight is 302 g/mol. The largest absolute Gasteiger partial charge is 0.493 e. The van der Waals surface area contributed by atoms with Crippen molar-refractivity contribution >= 4 is 11.6 Å². The van der Waals surface area contributed by atoms with Crippen LogP contribution in [-0.4, -0.2) is 13.7 Å². The molecule has 110 valence electrons. The summed E-state index contributed by atoms with van der Waals surface area (Å²) >= 11 is 6.25. The molecule has 2 aromatic carbocycles. The van der Waals surface area contributed by atoms with Gasteiger partial charge in [-0.05, 0) is 49.2 Å². The second kappa shape index (κ2) is 6.08. The SMILES string of the molecule is CNC(Cc1cc(Cl)cc2c1OCC2)c1ccc(C)cc1. The van der Waals surface area contributed by atoms with Gasteiger partial charge < -0.3 is 10.1 Å². The molecule has 1 aliphatic rings. The third kappa shape index (κ3) is 3.07. The molecular formula is C18H20ClNO. The highest BCUT2D eigenvalue weighted by Crippen LogP contribution is 2.35. The fourth-order valence-electron chi connectivity index (χ4n) is 2.90. The van der Waals surface area contributed by atoms with Gasteiger partial charge in [0.1, 0.15) is 5.75 Å². The number of rotatable bonds is 4. The fraction of sp³-hybridized carbons (Fsp3) is 0.333. The highest BCUT2D eigenvalue weighted by molar-refractivity contribution is 6.30. The molecule has 0 spiro atoms. The van der Waals surface area contributed by atoms with E-state index in [1.165, 1.54) is 22.3 Å². The lowest BCUT2D eigenvalue weighted by Crippen LogP contribution is -2.19. The Kier molecular flexibility index (Phi) is 4.18. The van der Waals surface area contributed by atoms with Gasteiger partial charge in [-0.1, -0.05) is 41.4 Å². The highest BCUT2D eigenvalue weighted by Gasteiger charge is 2.20. The summed E-state index contributed by atoms with van der Waals surface area (Å²) in [5, 5.41) is 4.20. The van der Waals surface area contributed by atoms with Crippen LogP contribution in [0.15, 0.2) is 36.4 Å². The van der Waals surface area contributed by atoms with Crippen molar-refractivity contribution in [2.45, 2.75) is 25.8 Å². The molecule has 1 N–H and O–H groups in total. The number of likely N-dealkylation sites (N-methyl/N-ethyl adjacent to an activating group) is 1. The Morgan fingerprint density at radius 1 is 1.24 bits per heavy atom. The molecule has 0 amide bonds. The molecule has 21 heavy (non-hydrogen) atoms.